The van der Waals surface area contributed by atoms with Gasteiger partial charge in [-0.1, -0.05) is 55.8 Å². The van der Waals surface area contributed by atoms with Crippen molar-refractivity contribution in [2.75, 3.05) is 13.7 Å². The summed E-state index contributed by atoms with van der Waals surface area (Å²) in [6.07, 6.45) is 3.20. The fourth-order valence-corrected chi connectivity index (χ4v) is 4.85. The summed E-state index contributed by atoms with van der Waals surface area (Å²) < 4.78 is 6.90. The second-order valence-electron chi connectivity index (χ2n) is 8.99. The molecule has 0 radical (unpaired) electrons. The van der Waals surface area contributed by atoms with Crippen molar-refractivity contribution in [1.29, 1.82) is 0 Å². The smallest absolute Gasteiger partial charge is 0.338 e. The van der Waals surface area contributed by atoms with Gasteiger partial charge in [-0.15, -0.1) is 0 Å². The maximum absolute atomic E-state index is 12.3. The van der Waals surface area contributed by atoms with Gasteiger partial charge in [0.05, 0.1) is 24.1 Å². The third-order valence-corrected chi connectivity index (χ3v) is 6.65. The number of imidazole rings is 1. The van der Waals surface area contributed by atoms with Crippen molar-refractivity contribution in [1.82, 2.24) is 14.5 Å². The molecule has 1 atom stereocenters. The molecule has 36 heavy (non-hydrogen) atoms. The van der Waals surface area contributed by atoms with Crippen LogP contribution in [-0.2, 0) is 33.7 Å². The van der Waals surface area contributed by atoms with Crippen molar-refractivity contribution in [2.45, 2.75) is 52.1 Å². The van der Waals surface area contributed by atoms with Crippen molar-refractivity contribution in [3.05, 3.63) is 76.9 Å². The van der Waals surface area contributed by atoms with Crippen molar-refractivity contribution in [3.63, 3.8) is 0 Å². The third-order valence-electron chi connectivity index (χ3n) is 6.65. The molecule has 0 spiro atoms. The van der Waals surface area contributed by atoms with E-state index in [4.69, 9.17) is 9.72 Å². The van der Waals surface area contributed by atoms with Crippen LogP contribution < -0.4 is 0 Å². The van der Waals surface area contributed by atoms with Crippen molar-refractivity contribution >= 4 is 17.8 Å². The lowest BCUT2D eigenvalue weighted by atomic mass is 9.98. The van der Waals surface area contributed by atoms with Gasteiger partial charge in [-0.3, -0.25) is 4.79 Å². The van der Waals surface area contributed by atoms with Crippen LogP contribution in [0, 0.1) is 0 Å². The van der Waals surface area contributed by atoms with Crippen molar-refractivity contribution < 1.29 is 24.2 Å². The number of unbranched alkanes of at least 4 members (excludes halogenated alkanes) is 1. The zero-order valence-electron chi connectivity index (χ0n) is 20.9. The SMILES string of the molecule is CCCCc1nc2c(n1Cc1ccc(-c3ccccc3C(=O)OC)cc1)C(C(=O)O)N(C(C)=O)CC2. The molecule has 2 aromatic carbocycles. The Morgan fingerprint density at radius 2 is 1.83 bits per heavy atom. The Bertz CT molecular complexity index is 1280. The highest BCUT2D eigenvalue weighted by atomic mass is 16.5. The molecule has 0 bridgehead atoms. The van der Waals surface area contributed by atoms with Gasteiger partial charge in [0.2, 0.25) is 5.91 Å². The lowest BCUT2D eigenvalue weighted by Gasteiger charge is -2.33. The molecule has 1 amide bonds. The molecule has 8 nitrogen and oxygen atoms in total. The van der Waals surface area contributed by atoms with Crippen molar-refractivity contribution in [2.24, 2.45) is 0 Å². The number of fused-ring (bicyclic) bond motifs is 1. The molecule has 0 saturated carbocycles. The topological polar surface area (TPSA) is 102 Å². The number of carboxylic acid groups (broad SMARTS) is 1. The van der Waals surface area contributed by atoms with Gasteiger partial charge >= 0.3 is 11.9 Å². The molecular formula is C28H31N3O5. The van der Waals surface area contributed by atoms with E-state index in [9.17, 15) is 19.5 Å². The zero-order valence-corrected chi connectivity index (χ0v) is 20.9. The van der Waals surface area contributed by atoms with E-state index in [1.165, 1.54) is 18.9 Å². The number of hydrogen-bond acceptors (Lipinski definition) is 5. The molecule has 0 fully saturated rings. The average molecular weight is 490 g/mol. The summed E-state index contributed by atoms with van der Waals surface area (Å²) in [5.41, 5.74) is 4.47. The summed E-state index contributed by atoms with van der Waals surface area (Å²) in [6.45, 7) is 4.30. The number of rotatable bonds is 8. The second kappa shape index (κ2) is 10.8. The van der Waals surface area contributed by atoms with Crippen LogP contribution in [0.25, 0.3) is 11.1 Å². The fraction of sp³-hybridized carbons (Fsp3) is 0.357. The van der Waals surface area contributed by atoms with Gasteiger partial charge in [0.15, 0.2) is 6.04 Å². The quantitative estimate of drug-likeness (QED) is 0.475. The standard InChI is InChI=1S/C28H31N3O5/c1-4-5-10-24-29-23-15-16-30(18(2)32)26(27(33)34)25(23)31(24)17-19-11-13-20(14-12-19)21-8-6-7-9-22(21)28(35)36-3/h6-9,11-14,26H,4-5,10,15-17H2,1-3H3,(H,33,34). The molecule has 3 aromatic rings. The van der Waals surface area contributed by atoms with E-state index in [-0.39, 0.29) is 5.91 Å². The van der Waals surface area contributed by atoms with Crippen LogP contribution in [0.5, 0.6) is 0 Å². The molecule has 1 aliphatic heterocycles. The summed E-state index contributed by atoms with van der Waals surface area (Å²) in [6, 6.07) is 14.1. The van der Waals surface area contributed by atoms with E-state index < -0.39 is 18.0 Å². The Kier molecular flexibility index (Phi) is 7.52. The lowest BCUT2D eigenvalue weighted by molar-refractivity contribution is -0.150. The number of ether oxygens (including phenoxy) is 1. The molecule has 2 heterocycles. The van der Waals surface area contributed by atoms with Crippen molar-refractivity contribution in [3.8, 4) is 11.1 Å². The molecule has 1 aromatic heterocycles. The molecule has 1 N–H and O–H groups in total. The molecule has 4 rings (SSSR count). The van der Waals surface area contributed by atoms with Gasteiger partial charge < -0.3 is 19.3 Å². The third kappa shape index (κ3) is 4.89. The number of aromatic nitrogens is 2. The van der Waals surface area contributed by atoms with E-state index in [1.54, 1.807) is 12.1 Å². The first-order valence-electron chi connectivity index (χ1n) is 12.2. The van der Waals surface area contributed by atoms with Gasteiger partial charge in [0.25, 0.3) is 0 Å². The van der Waals surface area contributed by atoms with Crippen LogP contribution in [0.1, 0.15) is 65.9 Å². The average Bonchev–Trinajstić information content (AvgIpc) is 3.23. The van der Waals surface area contributed by atoms with E-state index in [0.717, 1.165) is 47.5 Å². The number of amides is 1. The normalized spacial score (nSPS) is 14.9. The van der Waals surface area contributed by atoms with E-state index in [0.29, 0.717) is 30.8 Å². The molecule has 0 saturated heterocycles. The van der Waals surface area contributed by atoms with E-state index >= 15 is 0 Å². The summed E-state index contributed by atoms with van der Waals surface area (Å²) in [4.78, 5) is 43.0. The molecule has 1 unspecified atom stereocenters. The Morgan fingerprint density at radius 3 is 2.47 bits per heavy atom. The lowest BCUT2D eigenvalue weighted by Crippen LogP contribution is -2.43. The largest absolute Gasteiger partial charge is 0.479 e. The highest BCUT2D eigenvalue weighted by molar-refractivity contribution is 5.97. The number of nitrogens with zero attached hydrogens (tertiary/aromatic N) is 3. The van der Waals surface area contributed by atoms with Gasteiger partial charge in [0.1, 0.15) is 5.82 Å². The fourth-order valence-electron chi connectivity index (χ4n) is 4.85. The minimum atomic E-state index is -1.06. The maximum atomic E-state index is 12.3. The second-order valence-corrected chi connectivity index (χ2v) is 8.99. The van der Waals surface area contributed by atoms with Crippen LogP contribution in [0.2, 0.25) is 0 Å². The minimum Gasteiger partial charge on any atom is -0.479 e. The molecule has 1 aliphatic rings. The van der Waals surface area contributed by atoms with Crippen LogP contribution >= 0.6 is 0 Å². The van der Waals surface area contributed by atoms with Crippen LogP contribution in [0.4, 0.5) is 0 Å². The number of aliphatic carboxylic acids is 1. The summed E-state index contributed by atoms with van der Waals surface area (Å²) in [7, 11) is 1.36. The van der Waals surface area contributed by atoms with Crippen LogP contribution in [-0.4, -0.2) is 51.1 Å². The summed E-state index contributed by atoms with van der Waals surface area (Å²) >= 11 is 0. The Morgan fingerprint density at radius 1 is 1.11 bits per heavy atom. The van der Waals surface area contributed by atoms with E-state index in [1.807, 2.05) is 41.0 Å². The molecule has 0 aliphatic carbocycles. The van der Waals surface area contributed by atoms with Gasteiger partial charge in [-0.05, 0) is 29.2 Å². The zero-order chi connectivity index (χ0) is 25.8. The Balaban J connectivity index is 1.72. The highest BCUT2D eigenvalue weighted by Gasteiger charge is 2.39. The first-order valence-corrected chi connectivity index (χ1v) is 12.2. The van der Waals surface area contributed by atoms with Gasteiger partial charge in [0, 0.05) is 32.9 Å². The predicted octanol–water partition coefficient (Wildman–Crippen LogP) is 4.26. The van der Waals surface area contributed by atoms with Crippen LogP contribution in [0.3, 0.4) is 0 Å². The number of hydrogen-bond donors (Lipinski definition) is 1. The van der Waals surface area contributed by atoms with Gasteiger partial charge in [-0.25, -0.2) is 14.6 Å². The Labute approximate surface area is 210 Å². The number of methoxy groups -OCH3 is 1. The monoisotopic (exact) mass is 489 g/mol. The molecule has 188 valence electrons. The number of carbonyl (C=O) groups excluding carboxylic acids is 2. The first kappa shape index (κ1) is 25.2. The number of carboxylic acids is 1. The van der Waals surface area contributed by atoms with E-state index in [2.05, 4.69) is 6.92 Å². The number of benzene rings is 2. The van der Waals surface area contributed by atoms with Gasteiger partial charge in [-0.2, -0.15) is 0 Å². The number of aryl methyl sites for hydroxylation is 1. The number of carbonyl (C=O) groups is 3. The number of esters is 1. The maximum Gasteiger partial charge on any atom is 0.338 e. The minimum absolute atomic E-state index is 0.260. The predicted molar refractivity (Wildman–Crippen MR) is 135 cm³/mol. The summed E-state index contributed by atoms with van der Waals surface area (Å²) in [5.74, 6) is -0.859. The first-order chi connectivity index (χ1) is 17.3. The highest BCUT2D eigenvalue weighted by Crippen LogP contribution is 2.33. The van der Waals surface area contributed by atoms with Crippen LogP contribution in [0.15, 0.2) is 48.5 Å². The molecule has 8 heteroatoms. The summed E-state index contributed by atoms with van der Waals surface area (Å²) in [5, 5.41) is 10.1. The molecular weight excluding hydrogens is 458 g/mol. The Hall–Kier alpha value is -3.94.